The molecule has 0 aliphatic heterocycles. The first kappa shape index (κ1) is 5.92. The monoisotopic (exact) mass is 128 g/mol. The topological polar surface area (TPSA) is 26.0 Å². The molecule has 1 rings (SSSR count). The van der Waals surface area contributed by atoms with Crippen LogP contribution >= 0.6 is 0 Å². The van der Waals surface area contributed by atoms with E-state index in [0.29, 0.717) is 6.08 Å². The van der Waals surface area contributed by atoms with Crippen LogP contribution in [0.25, 0.3) is 0 Å². The van der Waals surface area contributed by atoms with E-state index >= 15 is 0 Å². The van der Waals surface area contributed by atoms with Gasteiger partial charge < -0.3 is 5.73 Å². The Morgan fingerprint density at radius 2 is 2.11 bits per heavy atom. The Hall–Kier alpha value is -1.21. The molecule has 0 bridgehead atoms. The van der Waals surface area contributed by atoms with Gasteiger partial charge in [-0.15, -0.1) is 8.78 Å². The van der Waals surface area contributed by atoms with Crippen molar-refractivity contribution in [3.63, 3.8) is 0 Å². The molecule has 0 saturated carbocycles. The fourth-order valence-corrected chi connectivity index (χ4v) is 0.456. The summed E-state index contributed by atoms with van der Waals surface area (Å²) in [5.41, 5.74) is 4.84. The SMILES string of the molecule is NC1=C(F)C=C(F)C=[C+]1. The fraction of sp³-hybridized carbons (Fsp3) is 0. The first-order valence-electron chi connectivity index (χ1n) is 2.32. The van der Waals surface area contributed by atoms with E-state index in [0.717, 1.165) is 6.08 Å². The summed E-state index contributed by atoms with van der Waals surface area (Å²) in [5.74, 6) is -1.43. The molecule has 1 aliphatic carbocycles. The van der Waals surface area contributed by atoms with Crippen molar-refractivity contribution >= 4 is 0 Å². The van der Waals surface area contributed by atoms with Crippen molar-refractivity contribution in [3.05, 3.63) is 35.6 Å². The largest absolute Gasteiger partial charge is 0.367 e. The Balaban J connectivity index is 3.01. The zero-order valence-corrected chi connectivity index (χ0v) is 4.49. The third-order valence-electron chi connectivity index (χ3n) is 0.887. The van der Waals surface area contributed by atoms with Gasteiger partial charge >= 0.3 is 0 Å². The summed E-state index contributed by atoms with van der Waals surface area (Å²) in [6.45, 7) is 0. The summed E-state index contributed by atoms with van der Waals surface area (Å²) < 4.78 is 24.2. The third-order valence-corrected chi connectivity index (χ3v) is 0.887. The maximum atomic E-state index is 12.2. The number of halogens is 2. The van der Waals surface area contributed by atoms with Crippen LogP contribution in [0.1, 0.15) is 0 Å². The van der Waals surface area contributed by atoms with Crippen LogP contribution in [0.4, 0.5) is 8.78 Å². The minimum Gasteiger partial charge on any atom is -0.367 e. The molecule has 0 aromatic carbocycles. The predicted octanol–water partition coefficient (Wildman–Crippen LogP) is 1.35. The lowest BCUT2D eigenvalue weighted by Gasteiger charge is -1.86. The maximum absolute atomic E-state index is 12.2. The standard InChI is InChI=1S/C6H4F2N/c7-4-1-2-6(9)5(8)3-4/h1,3H,9H2/q+1. The molecule has 0 saturated heterocycles. The molecule has 3 heteroatoms. The highest BCUT2D eigenvalue weighted by Gasteiger charge is 2.15. The van der Waals surface area contributed by atoms with E-state index in [4.69, 9.17) is 5.73 Å². The number of nitrogens with two attached hydrogens (primary N) is 1. The van der Waals surface area contributed by atoms with E-state index in [2.05, 4.69) is 6.08 Å². The lowest BCUT2D eigenvalue weighted by Crippen LogP contribution is -1.98. The number of hydrogen-bond acceptors (Lipinski definition) is 1. The zero-order chi connectivity index (χ0) is 6.85. The van der Waals surface area contributed by atoms with Crippen LogP contribution in [-0.4, -0.2) is 0 Å². The van der Waals surface area contributed by atoms with Crippen molar-refractivity contribution in [2.24, 2.45) is 5.73 Å². The smallest absolute Gasteiger partial charge is 0.267 e. The van der Waals surface area contributed by atoms with E-state index in [1.807, 2.05) is 0 Å². The summed E-state index contributed by atoms with van der Waals surface area (Å²) in [4.78, 5) is 0. The number of allylic oxidation sites excluding steroid dienone is 5. The van der Waals surface area contributed by atoms with Gasteiger partial charge in [0.25, 0.3) is 5.83 Å². The lowest BCUT2D eigenvalue weighted by molar-refractivity contribution is 0.617. The quantitative estimate of drug-likeness (QED) is 0.489. The van der Waals surface area contributed by atoms with Gasteiger partial charge in [-0.2, -0.15) is 0 Å². The average molecular weight is 128 g/mol. The van der Waals surface area contributed by atoms with Crippen molar-refractivity contribution in [3.8, 4) is 0 Å². The van der Waals surface area contributed by atoms with Crippen LogP contribution in [0, 0.1) is 6.08 Å². The van der Waals surface area contributed by atoms with Crippen molar-refractivity contribution in [1.29, 1.82) is 0 Å². The zero-order valence-electron chi connectivity index (χ0n) is 4.49. The van der Waals surface area contributed by atoms with Crippen LogP contribution in [-0.2, 0) is 0 Å². The van der Waals surface area contributed by atoms with Gasteiger partial charge in [0.1, 0.15) is 12.2 Å². The van der Waals surface area contributed by atoms with Gasteiger partial charge in [0.2, 0.25) is 11.5 Å². The molecule has 1 nitrogen and oxygen atoms in total. The lowest BCUT2D eigenvalue weighted by atomic mass is 10.2. The second-order valence-corrected chi connectivity index (χ2v) is 1.58. The number of hydrogen-bond donors (Lipinski definition) is 1. The van der Waals surface area contributed by atoms with Gasteiger partial charge in [-0.1, -0.05) is 0 Å². The highest BCUT2D eigenvalue weighted by molar-refractivity contribution is 5.33. The molecule has 1 aliphatic rings. The first-order chi connectivity index (χ1) is 4.20. The molecule has 0 radical (unpaired) electrons. The molecule has 9 heavy (non-hydrogen) atoms. The summed E-state index contributed by atoms with van der Waals surface area (Å²) in [7, 11) is 0. The fourth-order valence-electron chi connectivity index (χ4n) is 0.456. The van der Waals surface area contributed by atoms with E-state index in [1.165, 1.54) is 0 Å². The van der Waals surface area contributed by atoms with Crippen LogP contribution in [0.2, 0.25) is 0 Å². The summed E-state index contributed by atoms with van der Waals surface area (Å²) >= 11 is 0. The second-order valence-electron chi connectivity index (χ2n) is 1.58. The molecule has 0 aromatic rings. The van der Waals surface area contributed by atoms with Crippen LogP contribution in [0.15, 0.2) is 29.5 Å². The Kier molecular flexibility index (Phi) is 1.29. The van der Waals surface area contributed by atoms with Gasteiger partial charge in [-0.25, -0.2) is 0 Å². The molecule has 0 spiro atoms. The first-order valence-corrected chi connectivity index (χ1v) is 2.32. The molecule has 0 unspecified atom stereocenters. The summed E-state index contributed by atoms with van der Waals surface area (Å²) in [6.07, 6.45) is 3.89. The molecular formula is C6H4F2N+. The van der Waals surface area contributed by atoms with Crippen molar-refractivity contribution in [2.45, 2.75) is 0 Å². The summed E-state index contributed by atoms with van der Waals surface area (Å²) in [5, 5.41) is 0. The minimum atomic E-state index is -0.769. The van der Waals surface area contributed by atoms with E-state index in [9.17, 15) is 8.78 Å². The van der Waals surface area contributed by atoms with Crippen LogP contribution in [0.5, 0.6) is 0 Å². The van der Waals surface area contributed by atoms with Gasteiger partial charge in [-0.3, -0.25) is 0 Å². The Morgan fingerprint density at radius 1 is 1.44 bits per heavy atom. The number of rotatable bonds is 0. The molecule has 46 valence electrons. The molecule has 0 amide bonds. The Bertz CT molecular complexity index is 213. The molecule has 0 fully saturated rings. The average Bonchev–Trinajstić information content (AvgIpc) is 1.80. The Morgan fingerprint density at radius 3 is 2.56 bits per heavy atom. The molecule has 2 N–H and O–H groups in total. The van der Waals surface area contributed by atoms with Crippen LogP contribution in [0.3, 0.4) is 0 Å². The van der Waals surface area contributed by atoms with E-state index in [-0.39, 0.29) is 5.70 Å². The minimum absolute atomic E-state index is 0.156. The van der Waals surface area contributed by atoms with Crippen molar-refractivity contribution in [2.75, 3.05) is 0 Å². The molecule has 0 aromatic heterocycles. The predicted molar refractivity (Wildman–Crippen MR) is 29.3 cm³/mol. The third kappa shape index (κ3) is 1.12. The van der Waals surface area contributed by atoms with E-state index < -0.39 is 11.7 Å². The molecular weight excluding hydrogens is 124 g/mol. The Labute approximate surface area is 51.2 Å². The van der Waals surface area contributed by atoms with Crippen molar-refractivity contribution in [1.82, 2.24) is 0 Å². The van der Waals surface area contributed by atoms with Crippen LogP contribution < -0.4 is 5.73 Å². The van der Waals surface area contributed by atoms with Crippen molar-refractivity contribution < 1.29 is 8.78 Å². The molecule has 0 heterocycles. The summed E-state index contributed by atoms with van der Waals surface area (Å²) in [6, 6.07) is 0. The van der Waals surface area contributed by atoms with Gasteiger partial charge in [-0.05, 0) is 0 Å². The maximum Gasteiger partial charge on any atom is 0.267 e. The van der Waals surface area contributed by atoms with E-state index in [1.54, 1.807) is 0 Å². The normalized spacial score (nSPS) is 17.3. The highest BCUT2D eigenvalue weighted by atomic mass is 19.1. The molecule has 0 atom stereocenters. The second kappa shape index (κ2) is 1.96. The highest BCUT2D eigenvalue weighted by Crippen LogP contribution is 2.14. The van der Waals surface area contributed by atoms with Gasteiger partial charge in [0, 0.05) is 0 Å². The van der Waals surface area contributed by atoms with Gasteiger partial charge in [0.05, 0.1) is 6.08 Å². The van der Waals surface area contributed by atoms with Gasteiger partial charge in [0.15, 0.2) is 0 Å².